The number of nitrogens with one attached hydrogen (secondary N) is 1. The molecule has 160 valence electrons. The second-order valence-electron chi connectivity index (χ2n) is 6.45. The molecule has 29 heavy (non-hydrogen) atoms. The van der Waals surface area contributed by atoms with Crippen LogP contribution in [0.3, 0.4) is 0 Å². The first-order valence-electron chi connectivity index (χ1n) is 8.45. The molecule has 1 amide bonds. The number of H-pyrrole nitrogens is 1. The molecule has 16 heteroatoms. The molecule has 2 unspecified atom stereocenters. The van der Waals surface area contributed by atoms with Gasteiger partial charge in [-0.2, -0.15) is 0 Å². The zero-order valence-corrected chi connectivity index (χ0v) is 16.5. The molecule has 0 bridgehead atoms. The van der Waals surface area contributed by atoms with Crippen LogP contribution in [0.25, 0.3) is 11.2 Å². The van der Waals surface area contributed by atoms with Gasteiger partial charge in [0.05, 0.1) is 0 Å². The molecule has 2 fully saturated rings. The second-order valence-corrected chi connectivity index (χ2v) is 9.13. The van der Waals surface area contributed by atoms with E-state index in [1.54, 1.807) is 0 Å². The van der Waals surface area contributed by atoms with Gasteiger partial charge in [0.25, 0.3) is 0 Å². The van der Waals surface area contributed by atoms with Crippen molar-refractivity contribution in [2.24, 2.45) is 5.73 Å². The van der Waals surface area contributed by atoms with Crippen LogP contribution in [0.5, 0.6) is 0 Å². The number of amides is 1. The summed E-state index contributed by atoms with van der Waals surface area (Å²) >= 11 is 1.10. The van der Waals surface area contributed by atoms with Gasteiger partial charge in [0, 0.05) is 0 Å². The number of carbonyl (C=O) groups excluding carboxylic acids is 1. The van der Waals surface area contributed by atoms with Crippen molar-refractivity contribution in [1.82, 2.24) is 19.5 Å². The van der Waals surface area contributed by atoms with Crippen LogP contribution in [-0.2, 0) is 18.6 Å². The molecule has 8 N–H and O–H groups in total. The number of ether oxygens (including phenoxy) is 1. The Morgan fingerprint density at radius 3 is 2.90 bits per heavy atom. The molecule has 2 aromatic rings. The first-order valence-corrected chi connectivity index (χ1v) is 11.1. The summed E-state index contributed by atoms with van der Waals surface area (Å²) in [5.74, 6) is -0.426. The number of fused-ring (bicyclic) bond motifs is 2. The van der Waals surface area contributed by atoms with Gasteiger partial charge < -0.3 is 0 Å². The number of thioether (sulfide) groups is 1. The molecular weight excluding hydrogens is 431 g/mol. The molecule has 2 aliphatic rings. The van der Waals surface area contributed by atoms with E-state index in [-0.39, 0.29) is 41.0 Å². The number of imidazole rings is 1. The number of aliphatic hydroxyl groups is 1. The molecule has 0 saturated carbocycles. The van der Waals surface area contributed by atoms with Gasteiger partial charge >= 0.3 is 166 Å². The quantitative estimate of drug-likeness (QED) is 0.210. The molecule has 14 nitrogen and oxygen atoms in total. The van der Waals surface area contributed by atoms with Crippen LogP contribution in [0.4, 0.5) is 5.95 Å². The minimum absolute atomic E-state index is 0.0448. The third-order valence-electron chi connectivity index (χ3n) is 4.41. The summed E-state index contributed by atoms with van der Waals surface area (Å²) in [6, 6.07) is 0. The van der Waals surface area contributed by atoms with Crippen LogP contribution < -0.4 is 17.0 Å². The van der Waals surface area contributed by atoms with Crippen LogP contribution in [0, 0.1) is 0 Å². The molecule has 4 rings (SSSR count). The fourth-order valence-corrected chi connectivity index (χ4v) is 5.24. The normalized spacial score (nSPS) is 29.6. The number of nitrogens with two attached hydrogens (primary N) is 2. The molecule has 4 atom stereocenters. The Balaban J connectivity index is 1.75. The van der Waals surface area contributed by atoms with Crippen molar-refractivity contribution in [3.05, 3.63) is 10.4 Å². The average molecular weight is 450 g/mol. The Morgan fingerprint density at radius 2 is 2.17 bits per heavy atom. The van der Waals surface area contributed by atoms with Crippen LogP contribution in [-0.4, -0.2) is 71.0 Å². The van der Waals surface area contributed by atoms with E-state index in [1.807, 2.05) is 0 Å². The first-order chi connectivity index (χ1) is 13.7. The zero-order valence-electron chi connectivity index (χ0n) is 14.7. The molecule has 2 aliphatic heterocycles. The van der Waals surface area contributed by atoms with E-state index >= 15 is 0 Å². The SMILES string of the molecule is NC(=O)CCSc1nc2c(=O)[nH]c(N)nc2n1[C@@H]1OC2CO[PH](O)(O)O[C@H]2C1O. The molecule has 2 aromatic heterocycles. The predicted octanol–water partition coefficient (Wildman–Crippen LogP) is -2.26. The Morgan fingerprint density at radius 1 is 1.41 bits per heavy atom. The fraction of sp³-hybridized carbons (Fsp3) is 0.538. The van der Waals surface area contributed by atoms with Gasteiger partial charge in [-0.05, 0) is 0 Å². The molecule has 4 heterocycles. The number of nitrogen functional groups attached to an aromatic ring is 1. The van der Waals surface area contributed by atoms with E-state index in [4.69, 9.17) is 25.3 Å². The number of anilines is 1. The van der Waals surface area contributed by atoms with E-state index in [0.717, 1.165) is 11.8 Å². The van der Waals surface area contributed by atoms with Gasteiger partial charge in [0.15, 0.2) is 0 Å². The van der Waals surface area contributed by atoms with Crippen LogP contribution in [0.1, 0.15) is 12.6 Å². The van der Waals surface area contributed by atoms with Gasteiger partial charge in [-0.1, -0.05) is 0 Å². The Kier molecular flexibility index (Phi) is 5.25. The number of aliphatic hydroxyl groups excluding tert-OH is 1. The number of primary amides is 1. The van der Waals surface area contributed by atoms with Crippen molar-refractivity contribution in [2.45, 2.75) is 36.1 Å². The maximum absolute atomic E-state index is 12.2. The van der Waals surface area contributed by atoms with E-state index in [0.29, 0.717) is 0 Å². The third kappa shape index (κ3) is 3.83. The van der Waals surface area contributed by atoms with E-state index in [9.17, 15) is 24.5 Å². The summed E-state index contributed by atoms with van der Waals surface area (Å²) in [7, 11) is -4.36. The summed E-state index contributed by atoms with van der Waals surface area (Å²) in [6.45, 7) is -0.204. The Labute approximate surface area is 166 Å². The summed E-state index contributed by atoms with van der Waals surface area (Å²) in [5, 5.41) is 11.0. The van der Waals surface area contributed by atoms with Crippen molar-refractivity contribution in [3.8, 4) is 0 Å². The number of nitrogens with zero attached hydrogens (tertiary/aromatic N) is 3. The number of rotatable bonds is 5. The molecule has 0 aromatic carbocycles. The van der Waals surface area contributed by atoms with E-state index < -0.39 is 44.2 Å². The van der Waals surface area contributed by atoms with Gasteiger partial charge in [-0.3, -0.25) is 0 Å². The standard InChI is InChI=1S/C13H19N6O8PS/c14-5(20)1-2-29-13-16-6-9(17-12(15)18-10(6)22)19(13)11-7(21)8-4(26-11)3-25-28(23,24)27-8/h4,7-8,11,21,23-24,28H,1-3H2,(H2,14,20)(H3,15,17,18,22)/t4?,7?,8-,11-/m1/s1. The Hall–Kier alpha value is -1.84. The molecule has 0 radical (unpaired) electrons. The van der Waals surface area contributed by atoms with Gasteiger partial charge in [-0.25, -0.2) is 0 Å². The summed E-state index contributed by atoms with van der Waals surface area (Å²) in [4.78, 5) is 53.3. The number of carbonyl (C=O) groups is 1. The van der Waals surface area contributed by atoms with Crippen molar-refractivity contribution in [1.29, 1.82) is 0 Å². The summed E-state index contributed by atoms with van der Waals surface area (Å²) in [6.07, 6.45) is -4.30. The van der Waals surface area contributed by atoms with Crippen LogP contribution in [0.2, 0.25) is 0 Å². The number of hydrogen-bond donors (Lipinski definition) is 6. The number of aromatic nitrogens is 4. The van der Waals surface area contributed by atoms with Crippen LogP contribution in [0.15, 0.2) is 9.95 Å². The van der Waals surface area contributed by atoms with Crippen molar-refractivity contribution in [2.75, 3.05) is 18.1 Å². The Bertz CT molecular complexity index is 1010. The summed E-state index contributed by atoms with van der Waals surface area (Å²) in [5.41, 5.74) is 10.2. The third-order valence-corrected chi connectivity index (χ3v) is 6.48. The molecular formula is C13H19N6O8PS. The minimum atomic E-state index is -4.36. The van der Waals surface area contributed by atoms with Crippen molar-refractivity contribution < 1.29 is 33.5 Å². The molecule has 2 saturated heterocycles. The predicted molar refractivity (Wildman–Crippen MR) is 101 cm³/mol. The van der Waals surface area contributed by atoms with Gasteiger partial charge in [0.2, 0.25) is 0 Å². The maximum atomic E-state index is 12.2. The number of hydrogen-bond acceptors (Lipinski definition) is 12. The van der Waals surface area contributed by atoms with Gasteiger partial charge in [0.1, 0.15) is 0 Å². The first kappa shape index (κ1) is 20.4. The van der Waals surface area contributed by atoms with Gasteiger partial charge in [-0.15, -0.1) is 0 Å². The second kappa shape index (κ2) is 7.45. The summed E-state index contributed by atoms with van der Waals surface area (Å²) < 4.78 is 17.1. The fourth-order valence-electron chi connectivity index (χ4n) is 3.17. The van der Waals surface area contributed by atoms with Crippen molar-refractivity contribution >= 4 is 43.0 Å². The van der Waals surface area contributed by atoms with Crippen molar-refractivity contribution in [3.63, 3.8) is 0 Å². The van der Waals surface area contributed by atoms with E-state index in [2.05, 4.69) is 15.0 Å². The zero-order chi connectivity index (χ0) is 20.9. The van der Waals surface area contributed by atoms with E-state index in [1.165, 1.54) is 4.57 Å². The topological polar surface area (TPSA) is 221 Å². The average Bonchev–Trinajstić information content (AvgIpc) is 3.12. The molecule has 0 aliphatic carbocycles. The van der Waals surface area contributed by atoms with Crippen LogP contribution >= 0.6 is 19.9 Å². The molecule has 0 spiro atoms. The number of aromatic amines is 1. The monoisotopic (exact) mass is 450 g/mol.